The molecule has 3 nitrogen and oxygen atoms in total. The van der Waals surface area contributed by atoms with Crippen molar-refractivity contribution in [3.8, 4) is 5.69 Å². The number of halogens is 3. The minimum atomic E-state index is 0.281. The molecule has 0 saturated carbocycles. The highest BCUT2D eigenvalue weighted by molar-refractivity contribution is 6.42. The quantitative estimate of drug-likeness (QED) is 0.776. The third kappa shape index (κ3) is 1.71. The van der Waals surface area contributed by atoms with Gasteiger partial charge >= 0.3 is 0 Å². The third-order valence-electron chi connectivity index (χ3n) is 1.69. The lowest BCUT2D eigenvalue weighted by Gasteiger charge is -2.03. The lowest BCUT2D eigenvalue weighted by atomic mass is 10.3. The summed E-state index contributed by atoms with van der Waals surface area (Å²) in [6.45, 7) is 0. The van der Waals surface area contributed by atoms with Crippen molar-refractivity contribution in [3.63, 3.8) is 0 Å². The van der Waals surface area contributed by atoms with Crippen LogP contribution in [-0.4, -0.2) is 14.8 Å². The molecule has 0 radical (unpaired) electrons. The van der Waals surface area contributed by atoms with Crippen LogP contribution in [0.5, 0.6) is 0 Å². The third-order valence-corrected chi connectivity index (χ3v) is 2.68. The maximum Gasteiger partial charge on any atom is 0.229 e. The Bertz CT molecular complexity index is 467. The number of nitrogens with zero attached hydrogens (tertiary/aromatic N) is 3. The van der Waals surface area contributed by atoms with Gasteiger partial charge in [0.05, 0.1) is 15.7 Å². The normalized spacial score (nSPS) is 10.5. The molecule has 1 aromatic carbocycles. The standard InChI is InChI=1S/C8H4Cl3N3/c9-6-2-1-5(3-7(6)10)14-4-12-13-8(14)11/h1-4H. The number of aromatic nitrogens is 3. The SMILES string of the molecule is Clc1ccc(-n2cnnc2Cl)cc1Cl. The summed E-state index contributed by atoms with van der Waals surface area (Å²) < 4.78 is 1.60. The lowest BCUT2D eigenvalue weighted by molar-refractivity contribution is 1.06. The minimum absolute atomic E-state index is 0.281. The average Bonchev–Trinajstić information content (AvgIpc) is 2.57. The van der Waals surface area contributed by atoms with Crippen LogP contribution >= 0.6 is 34.8 Å². The van der Waals surface area contributed by atoms with Crippen LogP contribution < -0.4 is 0 Å². The number of hydrogen-bond donors (Lipinski definition) is 0. The van der Waals surface area contributed by atoms with Gasteiger partial charge in [-0.05, 0) is 29.8 Å². The molecular formula is C8H4Cl3N3. The Kier molecular flexibility index (Phi) is 2.63. The summed E-state index contributed by atoms with van der Waals surface area (Å²) in [5.41, 5.74) is 0.773. The van der Waals surface area contributed by atoms with Crippen LogP contribution in [0.4, 0.5) is 0 Å². The molecule has 72 valence electrons. The smallest absolute Gasteiger partial charge is 0.229 e. The van der Waals surface area contributed by atoms with Gasteiger partial charge in [0, 0.05) is 0 Å². The van der Waals surface area contributed by atoms with Crippen LogP contribution in [-0.2, 0) is 0 Å². The Morgan fingerprint density at radius 3 is 2.43 bits per heavy atom. The van der Waals surface area contributed by atoms with Crippen molar-refractivity contribution in [1.29, 1.82) is 0 Å². The van der Waals surface area contributed by atoms with Gasteiger partial charge in [0.15, 0.2) is 0 Å². The molecule has 0 aliphatic rings. The van der Waals surface area contributed by atoms with E-state index in [1.54, 1.807) is 22.8 Å². The first-order valence-corrected chi connectivity index (χ1v) is 4.83. The van der Waals surface area contributed by atoms with E-state index >= 15 is 0 Å². The second kappa shape index (κ2) is 3.77. The number of hydrogen-bond acceptors (Lipinski definition) is 2. The first-order chi connectivity index (χ1) is 6.68. The predicted octanol–water partition coefficient (Wildman–Crippen LogP) is 3.23. The molecule has 0 aliphatic carbocycles. The van der Waals surface area contributed by atoms with Crippen LogP contribution in [0.15, 0.2) is 24.5 Å². The molecule has 0 atom stereocenters. The molecule has 6 heteroatoms. The van der Waals surface area contributed by atoms with E-state index in [1.165, 1.54) is 6.33 Å². The Balaban J connectivity index is 2.53. The first-order valence-electron chi connectivity index (χ1n) is 3.69. The van der Waals surface area contributed by atoms with Gasteiger partial charge in [0.1, 0.15) is 6.33 Å². The molecule has 0 saturated heterocycles. The summed E-state index contributed by atoms with van der Waals surface area (Å²) >= 11 is 17.4. The molecule has 14 heavy (non-hydrogen) atoms. The van der Waals surface area contributed by atoms with Crippen molar-refractivity contribution in [2.24, 2.45) is 0 Å². The van der Waals surface area contributed by atoms with Crippen LogP contribution in [0.3, 0.4) is 0 Å². The lowest BCUT2D eigenvalue weighted by Crippen LogP contribution is -1.91. The summed E-state index contributed by atoms with van der Waals surface area (Å²) in [7, 11) is 0. The maximum atomic E-state index is 5.85. The molecule has 0 aliphatic heterocycles. The van der Waals surface area contributed by atoms with Gasteiger partial charge in [-0.25, -0.2) is 0 Å². The highest BCUT2D eigenvalue weighted by atomic mass is 35.5. The topological polar surface area (TPSA) is 30.7 Å². The highest BCUT2D eigenvalue weighted by Gasteiger charge is 2.05. The monoisotopic (exact) mass is 247 g/mol. The maximum absolute atomic E-state index is 5.85. The van der Waals surface area contributed by atoms with E-state index in [9.17, 15) is 0 Å². The fraction of sp³-hybridized carbons (Fsp3) is 0. The van der Waals surface area contributed by atoms with E-state index in [-0.39, 0.29) is 5.28 Å². The molecule has 0 spiro atoms. The van der Waals surface area contributed by atoms with Crippen LogP contribution in [0.1, 0.15) is 0 Å². The van der Waals surface area contributed by atoms with E-state index < -0.39 is 0 Å². The van der Waals surface area contributed by atoms with Crippen LogP contribution in [0.2, 0.25) is 15.3 Å². The molecule has 0 bridgehead atoms. The van der Waals surface area contributed by atoms with E-state index in [0.717, 1.165) is 5.69 Å². The molecule has 0 unspecified atom stereocenters. The number of benzene rings is 1. The summed E-state index contributed by atoms with van der Waals surface area (Å²) in [5.74, 6) is 0. The molecule has 2 rings (SSSR count). The van der Waals surface area contributed by atoms with E-state index in [4.69, 9.17) is 34.8 Å². The highest BCUT2D eigenvalue weighted by Crippen LogP contribution is 2.25. The van der Waals surface area contributed by atoms with Gasteiger partial charge in [0.2, 0.25) is 5.28 Å². The zero-order valence-corrected chi connectivity index (χ0v) is 9.05. The molecule has 0 fully saturated rings. The Morgan fingerprint density at radius 1 is 1.07 bits per heavy atom. The largest absolute Gasteiger partial charge is 0.272 e. The molecule has 0 amide bonds. The second-order valence-electron chi connectivity index (χ2n) is 2.57. The van der Waals surface area contributed by atoms with Crippen molar-refractivity contribution < 1.29 is 0 Å². The Morgan fingerprint density at radius 2 is 1.86 bits per heavy atom. The van der Waals surface area contributed by atoms with E-state index in [1.807, 2.05) is 0 Å². The summed E-state index contributed by atoms with van der Waals surface area (Å²) in [6.07, 6.45) is 1.50. The zero-order valence-electron chi connectivity index (χ0n) is 6.78. The molecule has 0 N–H and O–H groups in total. The van der Waals surface area contributed by atoms with Crippen LogP contribution in [0.25, 0.3) is 5.69 Å². The number of rotatable bonds is 1. The average molecular weight is 248 g/mol. The molecule has 1 aromatic heterocycles. The Labute approximate surface area is 95.2 Å². The summed E-state index contributed by atoms with van der Waals surface area (Å²) in [4.78, 5) is 0. The van der Waals surface area contributed by atoms with Crippen molar-refractivity contribution in [3.05, 3.63) is 39.9 Å². The Hall–Kier alpha value is -0.770. The molecular weight excluding hydrogens is 244 g/mol. The zero-order chi connectivity index (χ0) is 10.1. The van der Waals surface area contributed by atoms with Gasteiger partial charge in [-0.3, -0.25) is 4.57 Å². The summed E-state index contributed by atoms with van der Waals surface area (Å²) in [6, 6.07) is 5.16. The van der Waals surface area contributed by atoms with Gasteiger partial charge in [-0.2, -0.15) is 0 Å². The van der Waals surface area contributed by atoms with Gasteiger partial charge in [-0.15, -0.1) is 10.2 Å². The van der Waals surface area contributed by atoms with E-state index in [2.05, 4.69) is 10.2 Å². The van der Waals surface area contributed by atoms with E-state index in [0.29, 0.717) is 10.0 Å². The fourth-order valence-corrected chi connectivity index (χ4v) is 1.51. The van der Waals surface area contributed by atoms with Crippen LogP contribution in [0, 0.1) is 0 Å². The second-order valence-corrected chi connectivity index (χ2v) is 3.72. The van der Waals surface area contributed by atoms with Crippen molar-refractivity contribution in [2.75, 3.05) is 0 Å². The van der Waals surface area contributed by atoms with Gasteiger partial charge in [0.25, 0.3) is 0 Å². The molecule has 1 heterocycles. The predicted molar refractivity (Wildman–Crippen MR) is 56.4 cm³/mol. The fourth-order valence-electron chi connectivity index (χ4n) is 1.03. The van der Waals surface area contributed by atoms with Crippen molar-refractivity contribution >= 4 is 34.8 Å². The molecule has 2 aromatic rings. The first kappa shape index (κ1) is 9.77. The summed E-state index contributed by atoms with van der Waals surface area (Å²) in [5, 5.41) is 8.55. The van der Waals surface area contributed by atoms with Crippen molar-refractivity contribution in [1.82, 2.24) is 14.8 Å². The van der Waals surface area contributed by atoms with Gasteiger partial charge in [-0.1, -0.05) is 23.2 Å². The minimum Gasteiger partial charge on any atom is -0.272 e. The van der Waals surface area contributed by atoms with Crippen molar-refractivity contribution in [2.45, 2.75) is 0 Å². The van der Waals surface area contributed by atoms with Gasteiger partial charge < -0.3 is 0 Å².